The number of hydrogen-bond donors (Lipinski definition) is 0. The molecule has 0 saturated carbocycles. The Kier molecular flexibility index (Phi) is 5.49. The Labute approximate surface area is 95.9 Å². The molecule has 0 saturated heterocycles. The van der Waals surface area contributed by atoms with Crippen LogP contribution in [0.15, 0.2) is 53.9 Å². The summed E-state index contributed by atoms with van der Waals surface area (Å²) < 4.78 is 0. The first kappa shape index (κ1) is 11.7. The molecule has 0 amide bonds. The fourth-order valence-corrected chi connectivity index (χ4v) is 1.65. The molecular weight excluding hydrogens is 200 g/mol. The van der Waals surface area contributed by atoms with Crippen LogP contribution in [-0.4, -0.2) is 0 Å². The molecule has 0 aliphatic heterocycles. The maximum Gasteiger partial charge on any atom is 0.00141 e. The zero-order valence-electron chi connectivity index (χ0n) is 9.18. The predicted octanol–water partition coefficient (Wildman–Crippen LogP) is 4.78. The van der Waals surface area contributed by atoms with Crippen LogP contribution in [0.5, 0.6) is 0 Å². The van der Waals surface area contributed by atoms with Crippen LogP contribution in [0.2, 0.25) is 0 Å². The zero-order chi connectivity index (χ0) is 10.9. The van der Waals surface area contributed by atoms with E-state index in [0.29, 0.717) is 0 Å². The van der Waals surface area contributed by atoms with E-state index in [1.54, 1.807) is 11.3 Å². The highest BCUT2D eigenvalue weighted by molar-refractivity contribution is 7.09. The van der Waals surface area contributed by atoms with Gasteiger partial charge in [-0.2, -0.15) is 0 Å². The number of allylic oxidation sites excluding steroid dienone is 1. The van der Waals surface area contributed by atoms with E-state index >= 15 is 0 Å². The van der Waals surface area contributed by atoms with Gasteiger partial charge >= 0.3 is 0 Å². The standard InChI is InChI=1S/C9H10.C5H6S/c1-2-6-9-7-4-3-5-8-9;1-5-3-2-4-6-5/h2-8H,1H3;2-4H,1H3/b6-2+;. The molecule has 1 heteroatoms. The molecule has 0 bridgehead atoms. The first-order valence-corrected chi connectivity index (χ1v) is 5.88. The minimum Gasteiger partial charge on any atom is -0.149 e. The average Bonchev–Trinajstić information content (AvgIpc) is 2.72. The summed E-state index contributed by atoms with van der Waals surface area (Å²) in [6.07, 6.45) is 4.12. The van der Waals surface area contributed by atoms with E-state index in [1.807, 2.05) is 31.2 Å². The maximum absolute atomic E-state index is 2.10. The summed E-state index contributed by atoms with van der Waals surface area (Å²) in [4.78, 5) is 1.38. The zero-order valence-corrected chi connectivity index (χ0v) is 10.00. The van der Waals surface area contributed by atoms with Crippen molar-refractivity contribution >= 4 is 17.4 Å². The van der Waals surface area contributed by atoms with Crippen molar-refractivity contribution in [3.05, 3.63) is 64.4 Å². The quantitative estimate of drug-likeness (QED) is 0.643. The van der Waals surface area contributed by atoms with E-state index in [4.69, 9.17) is 0 Å². The summed E-state index contributed by atoms with van der Waals surface area (Å²) in [5.41, 5.74) is 1.26. The molecule has 0 aliphatic rings. The van der Waals surface area contributed by atoms with Crippen LogP contribution in [0.1, 0.15) is 17.4 Å². The number of hydrogen-bond acceptors (Lipinski definition) is 1. The van der Waals surface area contributed by atoms with Crippen molar-refractivity contribution in [2.45, 2.75) is 13.8 Å². The molecule has 0 aliphatic carbocycles. The fourth-order valence-electron chi connectivity index (χ4n) is 1.12. The minimum absolute atomic E-state index is 1.26. The molecule has 2 aromatic rings. The molecule has 0 unspecified atom stereocenters. The Bertz CT molecular complexity index is 371. The number of rotatable bonds is 1. The van der Waals surface area contributed by atoms with Gasteiger partial charge < -0.3 is 0 Å². The van der Waals surface area contributed by atoms with Gasteiger partial charge in [0.1, 0.15) is 0 Å². The van der Waals surface area contributed by atoms with Crippen molar-refractivity contribution in [3.8, 4) is 0 Å². The Morgan fingerprint density at radius 3 is 2.13 bits per heavy atom. The van der Waals surface area contributed by atoms with Crippen LogP contribution < -0.4 is 0 Å². The van der Waals surface area contributed by atoms with Gasteiger partial charge in [0, 0.05) is 4.88 Å². The highest BCUT2D eigenvalue weighted by atomic mass is 32.1. The van der Waals surface area contributed by atoms with E-state index in [0.717, 1.165) is 0 Å². The SMILES string of the molecule is C/C=C/c1ccccc1.Cc1cccs1. The van der Waals surface area contributed by atoms with Gasteiger partial charge in [0.2, 0.25) is 0 Å². The van der Waals surface area contributed by atoms with Gasteiger partial charge in [-0.3, -0.25) is 0 Å². The summed E-state index contributed by atoms with van der Waals surface area (Å²) in [7, 11) is 0. The third kappa shape index (κ3) is 5.18. The predicted molar refractivity (Wildman–Crippen MR) is 70.2 cm³/mol. The maximum atomic E-state index is 2.10. The molecule has 0 spiro atoms. The van der Waals surface area contributed by atoms with Gasteiger partial charge in [-0.05, 0) is 30.9 Å². The topological polar surface area (TPSA) is 0 Å². The lowest BCUT2D eigenvalue weighted by Gasteiger charge is -1.86. The van der Waals surface area contributed by atoms with Crippen molar-refractivity contribution in [3.63, 3.8) is 0 Å². The van der Waals surface area contributed by atoms with Crippen molar-refractivity contribution in [2.75, 3.05) is 0 Å². The molecule has 1 aromatic heterocycles. The molecule has 1 heterocycles. The minimum atomic E-state index is 1.26. The van der Waals surface area contributed by atoms with Gasteiger partial charge in [0.15, 0.2) is 0 Å². The molecule has 0 radical (unpaired) electrons. The number of benzene rings is 1. The Hall–Kier alpha value is -1.34. The van der Waals surface area contributed by atoms with E-state index < -0.39 is 0 Å². The normalized spacial score (nSPS) is 9.73. The van der Waals surface area contributed by atoms with Crippen molar-refractivity contribution < 1.29 is 0 Å². The monoisotopic (exact) mass is 216 g/mol. The molecule has 78 valence electrons. The lowest BCUT2D eigenvalue weighted by Crippen LogP contribution is -1.65. The molecule has 2 rings (SSSR count). The van der Waals surface area contributed by atoms with Crippen LogP contribution in [0, 0.1) is 6.92 Å². The second-order valence-corrected chi connectivity index (χ2v) is 4.29. The van der Waals surface area contributed by atoms with Crippen molar-refractivity contribution in [1.29, 1.82) is 0 Å². The van der Waals surface area contributed by atoms with E-state index in [9.17, 15) is 0 Å². The highest BCUT2D eigenvalue weighted by Crippen LogP contribution is 2.03. The molecule has 0 N–H and O–H groups in total. The second-order valence-electron chi connectivity index (χ2n) is 3.13. The summed E-state index contributed by atoms with van der Waals surface area (Å²) in [6.45, 7) is 4.12. The third-order valence-corrected chi connectivity index (χ3v) is 2.62. The Morgan fingerprint density at radius 1 is 1.00 bits per heavy atom. The Balaban J connectivity index is 0.000000162. The lowest BCUT2D eigenvalue weighted by atomic mass is 10.2. The van der Waals surface area contributed by atoms with E-state index in [2.05, 4.69) is 42.6 Å². The van der Waals surface area contributed by atoms with Crippen LogP contribution in [0.25, 0.3) is 6.08 Å². The molecule has 0 atom stereocenters. The Morgan fingerprint density at radius 2 is 1.73 bits per heavy atom. The average molecular weight is 216 g/mol. The van der Waals surface area contributed by atoms with Crippen LogP contribution >= 0.6 is 11.3 Å². The van der Waals surface area contributed by atoms with Gasteiger partial charge in [-0.15, -0.1) is 11.3 Å². The number of aryl methyl sites for hydroxylation is 1. The van der Waals surface area contributed by atoms with Crippen molar-refractivity contribution in [2.24, 2.45) is 0 Å². The van der Waals surface area contributed by atoms with E-state index in [-0.39, 0.29) is 0 Å². The smallest absolute Gasteiger partial charge is 0.00141 e. The van der Waals surface area contributed by atoms with Crippen molar-refractivity contribution in [1.82, 2.24) is 0 Å². The van der Waals surface area contributed by atoms with Gasteiger partial charge in [-0.25, -0.2) is 0 Å². The summed E-state index contributed by atoms with van der Waals surface area (Å²) in [6, 6.07) is 14.4. The molecule has 0 fully saturated rings. The second kappa shape index (κ2) is 7.02. The fraction of sp³-hybridized carbons (Fsp3) is 0.143. The van der Waals surface area contributed by atoms with E-state index in [1.165, 1.54) is 10.4 Å². The molecule has 15 heavy (non-hydrogen) atoms. The first-order valence-electron chi connectivity index (χ1n) is 5.01. The first-order chi connectivity index (χ1) is 7.33. The van der Waals surface area contributed by atoms with Gasteiger partial charge in [-0.1, -0.05) is 48.6 Å². The molecule has 0 nitrogen and oxygen atoms in total. The summed E-state index contributed by atoms with van der Waals surface area (Å²) in [5.74, 6) is 0. The number of thiophene rings is 1. The molecular formula is C14H16S. The van der Waals surface area contributed by atoms with Gasteiger partial charge in [0.05, 0.1) is 0 Å². The lowest BCUT2D eigenvalue weighted by molar-refractivity contribution is 1.64. The van der Waals surface area contributed by atoms with Crippen LogP contribution in [0.3, 0.4) is 0 Å². The molecule has 1 aromatic carbocycles. The highest BCUT2D eigenvalue weighted by Gasteiger charge is 1.77. The summed E-state index contributed by atoms with van der Waals surface area (Å²) >= 11 is 1.78. The largest absolute Gasteiger partial charge is 0.149 e. The third-order valence-electron chi connectivity index (χ3n) is 1.82. The van der Waals surface area contributed by atoms with Crippen LogP contribution in [-0.2, 0) is 0 Å². The van der Waals surface area contributed by atoms with Gasteiger partial charge in [0.25, 0.3) is 0 Å². The summed E-state index contributed by atoms with van der Waals surface area (Å²) in [5, 5.41) is 2.08. The van der Waals surface area contributed by atoms with Crippen LogP contribution in [0.4, 0.5) is 0 Å².